The Morgan fingerprint density at radius 1 is 1.35 bits per heavy atom. The molecule has 0 aliphatic rings. The number of nitrogens with zero attached hydrogens (tertiary/aromatic N) is 1. The predicted molar refractivity (Wildman–Crippen MR) is 75.7 cm³/mol. The van der Waals surface area contributed by atoms with Crippen LogP contribution in [0.5, 0.6) is 0 Å². The van der Waals surface area contributed by atoms with Crippen LogP contribution in [-0.4, -0.2) is 30.0 Å². The first-order valence-electron chi connectivity index (χ1n) is 5.97. The number of fused-ring (bicyclic) bond motifs is 1. The molecule has 1 atom stereocenters. The second kappa shape index (κ2) is 5.88. The Morgan fingerprint density at radius 2 is 2.05 bits per heavy atom. The van der Waals surface area contributed by atoms with E-state index in [4.69, 9.17) is 11.6 Å². The summed E-state index contributed by atoms with van der Waals surface area (Å²) in [6, 6.07) is 7.97. The maximum absolute atomic E-state index is 12.0. The molecule has 0 spiro atoms. The lowest BCUT2D eigenvalue weighted by molar-refractivity contribution is -0.142. The Morgan fingerprint density at radius 3 is 2.75 bits per heavy atom. The van der Waals surface area contributed by atoms with Crippen molar-refractivity contribution in [2.75, 3.05) is 7.11 Å². The number of hydrogen-bond donors (Lipinski definition) is 1. The first-order valence-corrected chi connectivity index (χ1v) is 6.34. The minimum absolute atomic E-state index is 0.157. The summed E-state index contributed by atoms with van der Waals surface area (Å²) in [5, 5.41) is 3.71. The number of pyridine rings is 1. The van der Waals surface area contributed by atoms with Gasteiger partial charge in [-0.25, -0.2) is 9.78 Å². The summed E-state index contributed by atoms with van der Waals surface area (Å²) >= 11 is 6.12. The minimum Gasteiger partial charge on any atom is -0.467 e. The highest BCUT2D eigenvalue weighted by Gasteiger charge is 2.18. The third-order valence-electron chi connectivity index (χ3n) is 2.80. The number of aromatic nitrogens is 1. The van der Waals surface area contributed by atoms with Gasteiger partial charge in [0, 0.05) is 5.39 Å². The molecule has 20 heavy (non-hydrogen) atoms. The van der Waals surface area contributed by atoms with Crippen LogP contribution in [0.15, 0.2) is 30.3 Å². The van der Waals surface area contributed by atoms with Gasteiger partial charge in [0.1, 0.15) is 11.7 Å². The van der Waals surface area contributed by atoms with Crippen LogP contribution in [0.4, 0.5) is 0 Å². The topological polar surface area (TPSA) is 68.3 Å². The zero-order valence-electron chi connectivity index (χ0n) is 11.0. The molecule has 0 radical (unpaired) electrons. The highest BCUT2D eigenvalue weighted by Crippen LogP contribution is 2.22. The highest BCUT2D eigenvalue weighted by atomic mass is 35.5. The van der Waals surface area contributed by atoms with Gasteiger partial charge in [-0.1, -0.05) is 29.8 Å². The molecule has 1 aromatic heterocycles. The van der Waals surface area contributed by atoms with Gasteiger partial charge in [-0.2, -0.15) is 0 Å². The third kappa shape index (κ3) is 2.88. The third-order valence-corrected chi connectivity index (χ3v) is 3.11. The summed E-state index contributed by atoms with van der Waals surface area (Å²) in [4.78, 5) is 27.5. The molecule has 1 N–H and O–H groups in total. The number of ether oxygens (including phenoxy) is 1. The molecular formula is C14H13ClN2O3. The van der Waals surface area contributed by atoms with E-state index < -0.39 is 17.9 Å². The van der Waals surface area contributed by atoms with Crippen LogP contribution in [0.2, 0.25) is 5.02 Å². The lowest BCUT2D eigenvalue weighted by Gasteiger charge is -2.11. The van der Waals surface area contributed by atoms with E-state index in [9.17, 15) is 9.59 Å². The first kappa shape index (κ1) is 14.3. The van der Waals surface area contributed by atoms with E-state index in [-0.39, 0.29) is 5.69 Å². The molecule has 0 fully saturated rings. The summed E-state index contributed by atoms with van der Waals surface area (Å²) in [6.07, 6.45) is 0. The molecule has 0 unspecified atom stereocenters. The smallest absolute Gasteiger partial charge is 0.328 e. The zero-order chi connectivity index (χ0) is 14.7. The van der Waals surface area contributed by atoms with E-state index in [1.807, 2.05) is 18.2 Å². The van der Waals surface area contributed by atoms with E-state index in [0.717, 1.165) is 5.39 Å². The molecular weight excluding hydrogens is 280 g/mol. The van der Waals surface area contributed by atoms with Gasteiger partial charge in [0.05, 0.1) is 17.6 Å². The lowest BCUT2D eigenvalue weighted by Crippen LogP contribution is -2.39. The standard InChI is InChI=1S/C14H13ClN2O3/c1-8(14(19)20-2)16-13(18)12-7-10(15)9-5-3-4-6-11(9)17-12/h3-8H,1-2H3,(H,16,18)/t8-/m0/s1. The van der Waals surface area contributed by atoms with Crippen LogP contribution in [0.1, 0.15) is 17.4 Å². The van der Waals surface area contributed by atoms with Crippen LogP contribution in [0.25, 0.3) is 10.9 Å². The van der Waals surface area contributed by atoms with Gasteiger partial charge in [-0.05, 0) is 19.1 Å². The summed E-state index contributed by atoms with van der Waals surface area (Å²) in [5.41, 5.74) is 0.778. The number of carbonyl (C=O) groups is 2. The van der Waals surface area contributed by atoms with E-state index in [0.29, 0.717) is 10.5 Å². The molecule has 2 aromatic rings. The predicted octanol–water partition coefficient (Wildman–Crippen LogP) is 2.18. The van der Waals surface area contributed by atoms with Crippen molar-refractivity contribution in [2.45, 2.75) is 13.0 Å². The van der Waals surface area contributed by atoms with E-state index in [1.54, 1.807) is 6.07 Å². The fourth-order valence-corrected chi connectivity index (χ4v) is 2.02. The number of hydrogen-bond acceptors (Lipinski definition) is 4. The molecule has 104 valence electrons. The molecule has 0 aliphatic carbocycles. The largest absolute Gasteiger partial charge is 0.467 e. The maximum Gasteiger partial charge on any atom is 0.328 e. The molecule has 6 heteroatoms. The number of para-hydroxylation sites is 1. The fourth-order valence-electron chi connectivity index (χ4n) is 1.76. The van der Waals surface area contributed by atoms with Gasteiger partial charge in [-0.3, -0.25) is 4.79 Å². The Kier molecular flexibility index (Phi) is 4.20. The van der Waals surface area contributed by atoms with Gasteiger partial charge in [0.25, 0.3) is 5.91 Å². The minimum atomic E-state index is -0.750. The quantitative estimate of drug-likeness (QED) is 0.881. The Bertz CT molecular complexity index is 673. The van der Waals surface area contributed by atoms with Crippen molar-refractivity contribution in [3.63, 3.8) is 0 Å². The number of nitrogens with one attached hydrogen (secondary N) is 1. The van der Waals surface area contributed by atoms with Gasteiger partial charge in [0.15, 0.2) is 0 Å². The Hall–Kier alpha value is -2.14. The second-order valence-electron chi connectivity index (χ2n) is 4.22. The van der Waals surface area contributed by atoms with Crippen molar-refractivity contribution in [3.05, 3.63) is 41.0 Å². The average Bonchev–Trinajstić information content (AvgIpc) is 2.46. The monoisotopic (exact) mass is 292 g/mol. The average molecular weight is 293 g/mol. The van der Waals surface area contributed by atoms with Crippen LogP contribution >= 0.6 is 11.6 Å². The van der Waals surface area contributed by atoms with Crippen molar-refractivity contribution in [1.82, 2.24) is 10.3 Å². The number of carbonyl (C=O) groups excluding carboxylic acids is 2. The van der Waals surface area contributed by atoms with E-state index >= 15 is 0 Å². The van der Waals surface area contributed by atoms with Crippen LogP contribution in [0, 0.1) is 0 Å². The molecule has 1 amide bonds. The van der Waals surface area contributed by atoms with E-state index in [1.165, 1.54) is 20.1 Å². The molecule has 1 aromatic carbocycles. The van der Waals surface area contributed by atoms with Crippen molar-refractivity contribution in [3.8, 4) is 0 Å². The Labute approximate surface area is 120 Å². The lowest BCUT2D eigenvalue weighted by atomic mass is 10.2. The normalized spacial score (nSPS) is 11.9. The van der Waals surface area contributed by atoms with Crippen molar-refractivity contribution < 1.29 is 14.3 Å². The summed E-state index contributed by atoms with van der Waals surface area (Å²) in [7, 11) is 1.26. The number of halogens is 1. The van der Waals surface area contributed by atoms with Crippen molar-refractivity contribution in [2.24, 2.45) is 0 Å². The molecule has 1 heterocycles. The molecule has 2 rings (SSSR count). The number of methoxy groups -OCH3 is 1. The van der Waals surface area contributed by atoms with Crippen molar-refractivity contribution in [1.29, 1.82) is 0 Å². The van der Waals surface area contributed by atoms with Gasteiger partial charge in [0.2, 0.25) is 0 Å². The highest BCUT2D eigenvalue weighted by molar-refractivity contribution is 6.35. The molecule has 0 saturated carbocycles. The molecule has 0 bridgehead atoms. The van der Waals surface area contributed by atoms with E-state index in [2.05, 4.69) is 15.0 Å². The van der Waals surface area contributed by atoms with Crippen LogP contribution in [-0.2, 0) is 9.53 Å². The Balaban J connectivity index is 2.29. The fraction of sp³-hybridized carbons (Fsp3) is 0.214. The molecule has 0 saturated heterocycles. The second-order valence-corrected chi connectivity index (χ2v) is 4.63. The van der Waals surface area contributed by atoms with Crippen LogP contribution in [0.3, 0.4) is 0 Å². The number of rotatable bonds is 3. The van der Waals surface area contributed by atoms with Crippen molar-refractivity contribution >= 4 is 34.4 Å². The number of esters is 1. The maximum atomic E-state index is 12.0. The summed E-state index contributed by atoms with van der Waals surface area (Å²) in [6.45, 7) is 1.53. The van der Waals surface area contributed by atoms with Gasteiger partial charge >= 0.3 is 5.97 Å². The number of benzene rings is 1. The number of amides is 1. The molecule has 5 nitrogen and oxygen atoms in total. The SMILES string of the molecule is COC(=O)[C@H](C)NC(=O)c1cc(Cl)c2ccccc2n1. The summed E-state index contributed by atoms with van der Waals surface area (Å²) < 4.78 is 4.54. The van der Waals surface area contributed by atoms with Crippen LogP contribution < -0.4 is 5.32 Å². The molecule has 0 aliphatic heterocycles. The van der Waals surface area contributed by atoms with Gasteiger partial charge in [-0.15, -0.1) is 0 Å². The zero-order valence-corrected chi connectivity index (χ0v) is 11.8. The first-order chi connectivity index (χ1) is 9.52. The summed E-state index contributed by atoms with van der Waals surface area (Å²) in [5.74, 6) is -0.999. The van der Waals surface area contributed by atoms with Gasteiger partial charge < -0.3 is 10.1 Å².